The molecule has 1 aromatic carbocycles. The molecule has 2 rings (SSSR count). The summed E-state index contributed by atoms with van der Waals surface area (Å²) in [5, 5.41) is 12.9. The van der Waals surface area contributed by atoms with Crippen LogP contribution in [0.2, 0.25) is 0 Å². The van der Waals surface area contributed by atoms with Crippen LogP contribution in [0.4, 0.5) is 0 Å². The molecule has 0 amide bonds. The van der Waals surface area contributed by atoms with Crippen molar-refractivity contribution in [2.24, 2.45) is 0 Å². The second-order valence-corrected chi connectivity index (χ2v) is 4.17. The molecule has 0 aliphatic carbocycles. The van der Waals surface area contributed by atoms with Crippen LogP contribution in [0.25, 0.3) is 10.1 Å². The summed E-state index contributed by atoms with van der Waals surface area (Å²) in [5.74, 6) is 0.424. The van der Waals surface area contributed by atoms with Gasteiger partial charge in [0.15, 0.2) is 0 Å². The maximum atomic E-state index is 9.76. The van der Waals surface area contributed by atoms with Crippen molar-refractivity contribution in [3.63, 3.8) is 0 Å². The van der Waals surface area contributed by atoms with Crippen molar-refractivity contribution >= 4 is 21.4 Å². The van der Waals surface area contributed by atoms with Gasteiger partial charge >= 0.3 is 0 Å². The Morgan fingerprint density at radius 3 is 2.85 bits per heavy atom. The zero-order valence-electron chi connectivity index (χ0n) is 7.79. The van der Waals surface area contributed by atoms with E-state index in [1.54, 1.807) is 11.3 Å². The lowest BCUT2D eigenvalue weighted by atomic mass is 10.1. The molecule has 2 aromatic rings. The Hall–Kier alpha value is -1.02. The molecule has 0 fully saturated rings. The van der Waals surface area contributed by atoms with Gasteiger partial charge in [0.05, 0.1) is 0 Å². The third-order valence-electron chi connectivity index (χ3n) is 2.31. The van der Waals surface area contributed by atoms with Gasteiger partial charge in [-0.2, -0.15) is 0 Å². The number of rotatable bonds is 1. The minimum atomic E-state index is 0.424. The summed E-state index contributed by atoms with van der Waals surface area (Å²) in [6, 6.07) is 4.02. The summed E-state index contributed by atoms with van der Waals surface area (Å²) in [4.78, 5) is 0. The van der Waals surface area contributed by atoms with E-state index in [1.807, 2.05) is 13.0 Å². The molecule has 68 valence electrons. The molecule has 1 nitrogen and oxygen atoms in total. The second kappa shape index (κ2) is 3.04. The first-order valence-corrected chi connectivity index (χ1v) is 5.30. The van der Waals surface area contributed by atoms with Crippen LogP contribution in [0.1, 0.15) is 18.1 Å². The highest BCUT2D eigenvalue weighted by molar-refractivity contribution is 7.17. The van der Waals surface area contributed by atoms with E-state index >= 15 is 0 Å². The Balaban J connectivity index is 2.79. The first kappa shape index (κ1) is 8.57. The maximum Gasteiger partial charge on any atom is 0.124 e. The Morgan fingerprint density at radius 2 is 2.15 bits per heavy atom. The zero-order chi connectivity index (χ0) is 9.42. The van der Waals surface area contributed by atoms with Gasteiger partial charge < -0.3 is 5.11 Å². The van der Waals surface area contributed by atoms with Crippen LogP contribution in [-0.2, 0) is 6.42 Å². The lowest BCUT2D eigenvalue weighted by Crippen LogP contribution is -1.79. The number of phenols is 1. The first-order chi connectivity index (χ1) is 6.22. The van der Waals surface area contributed by atoms with Gasteiger partial charge in [0.25, 0.3) is 0 Å². The smallest absolute Gasteiger partial charge is 0.124 e. The summed E-state index contributed by atoms with van der Waals surface area (Å²) >= 11 is 1.70. The minimum absolute atomic E-state index is 0.424. The van der Waals surface area contributed by atoms with E-state index in [9.17, 15) is 5.11 Å². The van der Waals surface area contributed by atoms with E-state index in [2.05, 4.69) is 18.4 Å². The largest absolute Gasteiger partial charge is 0.507 e. The fraction of sp³-hybridized carbons (Fsp3) is 0.273. The lowest BCUT2D eigenvalue weighted by molar-refractivity contribution is 0.481. The molecule has 13 heavy (non-hydrogen) atoms. The average Bonchev–Trinajstić information content (AvgIpc) is 2.48. The second-order valence-electron chi connectivity index (χ2n) is 3.26. The van der Waals surface area contributed by atoms with E-state index in [-0.39, 0.29) is 0 Å². The average molecular weight is 192 g/mol. The highest BCUT2D eigenvalue weighted by Gasteiger charge is 2.06. The van der Waals surface area contributed by atoms with E-state index in [0.717, 1.165) is 11.8 Å². The third-order valence-corrected chi connectivity index (χ3v) is 3.35. The van der Waals surface area contributed by atoms with E-state index in [4.69, 9.17) is 0 Å². The van der Waals surface area contributed by atoms with Crippen molar-refractivity contribution in [3.05, 3.63) is 28.6 Å². The van der Waals surface area contributed by atoms with Gasteiger partial charge in [0.2, 0.25) is 0 Å². The topological polar surface area (TPSA) is 20.2 Å². The molecular formula is C11H12OS. The third kappa shape index (κ3) is 1.31. The Morgan fingerprint density at radius 1 is 1.38 bits per heavy atom. The molecule has 0 spiro atoms. The van der Waals surface area contributed by atoms with E-state index in [0.29, 0.717) is 5.75 Å². The van der Waals surface area contributed by atoms with Crippen LogP contribution in [0, 0.1) is 6.92 Å². The zero-order valence-corrected chi connectivity index (χ0v) is 8.61. The molecule has 0 radical (unpaired) electrons. The number of benzene rings is 1. The molecule has 0 aliphatic heterocycles. The number of hydrogen-bond acceptors (Lipinski definition) is 2. The van der Waals surface area contributed by atoms with Crippen molar-refractivity contribution in [1.29, 1.82) is 0 Å². The van der Waals surface area contributed by atoms with Crippen LogP contribution in [-0.4, -0.2) is 5.11 Å². The summed E-state index contributed by atoms with van der Waals surface area (Å²) < 4.78 is 1.19. The predicted octanol–water partition coefficient (Wildman–Crippen LogP) is 3.48. The Labute approximate surface area is 81.6 Å². The minimum Gasteiger partial charge on any atom is -0.507 e. The lowest BCUT2D eigenvalue weighted by Gasteiger charge is -2.00. The number of fused-ring (bicyclic) bond motifs is 1. The van der Waals surface area contributed by atoms with Gasteiger partial charge in [-0.3, -0.25) is 0 Å². The standard InChI is InChI=1S/C11H12OS/c1-3-8-4-9(12)11-7(2)6-13-10(11)5-8/h4-6,12H,3H2,1-2H3. The number of thiophene rings is 1. The van der Waals surface area contributed by atoms with Gasteiger partial charge in [0.1, 0.15) is 5.75 Å². The number of aromatic hydroxyl groups is 1. The molecule has 2 heteroatoms. The number of aryl methyl sites for hydroxylation is 2. The number of phenolic OH excluding ortho intramolecular Hbond substituents is 1. The maximum absolute atomic E-state index is 9.76. The Kier molecular flexibility index (Phi) is 2.00. The molecule has 1 heterocycles. The fourth-order valence-electron chi connectivity index (χ4n) is 1.56. The normalized spacial score (nSPS) is 10.9. The van der Waals surface area contributed by atoms with E-state index < -0.39 is 0 Å². The van der Waals surface area contributed by atoms with Crippen LogP contribution in [0.15, 0.2) is 17.5 Å². The van der Waals surface area contributed by atoms with Crippen LogP contribution < -0.4 is 0 Å². The van der Waals surface area contributed by atoms with Crippen LogP contribution >= 0.6 is 11.3 Å². The highest BCUT2D eigenvalue weighted by atomic mass is 32.1. The first-order valence-electron chi connectivity index (χ1n) is 4.42. The predicted molar refractivity (Wildman–Crippen MR) is 57.6 cm³/mol. The van der Waals surface area contributed by atoms with Gasteiger partial charge in [-0.15, -0.1) is 11.3 Å². The van der Waals surface area contributed by atoms with Crippen molar-refractivity contribution < 1.29 is 5.11 Å². The molecule has 0 aliphatic rings. The quantitative estimate of drug-likeness (QED) is 0.733. The van der Waals surface area contributed by atoms with Gasteiger partial charge in [-0.25, -0.2) is 0 Å². The summed E-state index contributed by atoms with van der Waals surface area (Å²) in [7, 11) is 0. The summed E-state index contributed by atoms with van der Waals surface area (Å²) in [6.45, 7) is 4.13. The molecule has 0 bridgehead atoms. The molecule has 0 atom stereocenters. The molecule has 0 saturated heterocycles. The van der Waals surface area contributed by atoms with Gasteiger partial charge in [-0.1, -0.05) is 6.92 Å². The van der Waals surface area contributed by atoms with Crippen LogP contribution in [0.3, 0.4) is 0 Å². The van der Waals surface area contributed by atoms with Crippen molar-refractivity contribution in [2.45, 2.75) is 20.3 Å². The van der Waals surface area contributed by atoms with Crippen molar-refractivity contribution in [1.82, 2.24) is 0 Å². The molecule has 1 aromatic heterocycles. The SMILES string of the molecule is CCc1cc(O)c2c(C)csc2c1. The number of hydrogen-bond donors (Lipinski definition) is 1. The monoisotopic (exact) mass is 192 g/mol. The van der Waals surface area contributed by atoms with Crippen LogP contribution in [0.5, 0.6) is 5.75 Å². The fourth-order valence-corrected chi connectivity index (χ4v) is 2.58. The summed E-state index contributed by atoms with van der Waals surface area (Å²) in [5.41, 5.74) is 2.37. The molecule has 1 N–H and O–H groups in total. The van der Waals surface area contributed by atoms with Gasteiger partial charge in [-0.05, 0) is 42.0 Å². The summed E-state index contributed by atoms with van der Waals surface area (Å²) in [6.07, 6.45) is 0.973. The van der Waals surface area contributed by atoms with Crippen molar-refractivity contribution in [3.8, 4) is 5.75 Å². The molecular weight excluding hydrogens is 180 g/mol. The van der Waals surface area contributed by atoms with Crippen molar-refractivity contribution in [2.75, 3.05) is 0 Å². The molecule has 0 saturated carbocycles. The Bertz CT molecular complexity index is 443. The van der Waals surface area contributed by atoms with E-state index in [1.165, 1.54) is 15.8 Å². The molecule has 0 unspecified atom stereocenters. The highest BCUT2D eigenvalue weighted by Crippen LogP contribution is 2.33. The van der Waals surface area contributed by atoms with Gasteiger partial charge in [0, 0.05) is 10.1 Å².